The average Bonchev–Trinajstić information content (AvgIpc) is 3.09. The monoisotopic (exact) mass is 394 g/mol. The van der Waals surface area contributed by atoms with Crippen molar-refractivity contribution in [1.82, 2.24) is 4.98 Å². The number of Topliss-reactive ketones (excluding diaryl/α,β-unsaturated/α-hetero) is 1. The van der Waals surface area contributed by atoms with Crippen LogP contribution in [0.15, 0.2) is 42.5 Å². The number of ether oxygens (including phenoxy) is 2. The highest BCUT2D eigenvalue weighted by molar-refractivity contribution is 6.10. The lowest BCUT2D eigenvalue weighted by Gasteiger charge is -2.34. The highest BCUT2D eigenvalue weighted by atomic mass is 16.5. The van der Waals surface area contributed by atoms with Gasteiger partial charge in [-0.15, -0.1) is 0 Å². The normalized spacial score (nSPS) is 14.9. The Hall–Kier alpha value is -2.99. The van der Waals surface area contributed by atoms with Crippen molar-refractivity contribution in [2.45, 2.75) is 6.92 Å². The smallest absolute Gasteiger partial charge is 0.219 e. The van der Waals surface area contributed by atoms with E-state index in [4.69, 9.17) is 9.47 Å². The number of carbonyl (C=O) groups is 1. The van der Waals surface area contributed by atoms with Gasteiger partial charge in [0.2, 0.25) is 5.78 Å². The number of fused-ring (bicyclic) bond motifs is 1. The number of ketones is 1. The number of hydrogen-bond donors (Lipinski definition) is 2. The highest BCUT2D eigenvalue weighted by Crippen LogP contribution is 2.28. The maximum absolute atomic E-state index is 13.1. The number of para-hydroxylation sites is 2. The molecule has 1 saturated heterocycles. The van der Waals surface area contributed by atoms with E-state index < -0.39 is 0 Å². The molecule has 152 valence electrons. The lowest BCUT2D eigenvalue weighted by atomic mass is 10.1. The minimum atomic E-state index is 0.183. The average molecular weight is 394 g/mol. The van der Waals surface area contributed by atoms with Gasteiger partial charge in [-0.25, -0.2) is 0 Å². The molecule has 3 aromatic rings. The van der Waals surface area contributed by atoms with E-state index in [-0.39, 0.29) is 5.78 Å². The van der Waals surface area contributed by atoms with Crippen molar-refractivity contribution < 1.29 is 19.2 Å². The van der Waals surface area contributed by atoms with Crippen molar-refractivity contribution in [3.8, 4) is 11.5 Å². The van der Waals surface area contributed by atoms with Gasteiger partial charge >= 0.3 is 0 Å². The van der Waals surface area contributed by atoms with Gasteiger partial charge in [0.15, 0.2) is 0 Å². The van der Waals surface area contributed by atoms with Crippen molar-refractivity contribution in [3.63, 3.8) is 0 Å². The van der Waals surface area contributed by atoms with Gasteiger partial charge in [-0.1, -0.05) is 12.1 Å². The molecule has 0 aliphatic carbocycles. The topological polar surface area (TPSA) is 59.0 Å². The number of aromatic nitrogens is 1. The quantitative estimate of drug-likeness (QED) is 0.629. The summed E-state index contributed by atoms with van der Waals surface area (Å²) in [5, 5.41) is 0.943. The van der Waals surface area contributed by atoms with Gasteiger partial charge in [-0.2, -0.15) is 0 Å². The van der Waals surface area contributed by atoms with E-state index in [9.17, 15) is 4.79 Å². The highest BCUT2D eigenvalue weighted by Gasteiger charge is 2.26. The Morgan fingerprint density at radius 3 is 2.59 bits per heavy atom. The molecular weight excluding hydrogens is 366 g/mol. The maximum atomic E-state index is 13.1. The Morgan fingerprint density at radius 2 is 1.86 bits per heavy atom. The van der Waals surface area contributed by atoms with Crippen LogP contribution in [-0.4, -0.2) is 57.7 Å². The van der Waals surface area contributed by atoms with Gasteiger partial charge in [0.05, 0.1) is 51.6 Å². The molecule has 0 bridgehead atoms. The summed E-state index contributed by atoms with van der Waals surface area (Å²) in [6, 6.07) is 13.9. The first kappa shape index (κ1) is 19.3. The second-order valence-electron chi connectivity index (χ2n) is 7.55. The molecule has 29 heavy (non-hydrogen) atoms. The molecule has 1 aliphatic heterocycles. The third-order valence-corrected chi connectivity index (χ3v) is 5.78. The van der Waals surface area contributed by atoms with Crippen molar-refractivity contribution in [3.05, 3.63) is 53.7 Å². The molecule has 4 rings (SSSR count). The van der Waals surface area contributed by atoms with Crippen LogP contribution in [0.5, 0.6) is 11.5 Å². The van der Waals surface area contributed by atoms with Crippen LogP contribution in [0.4, 0.5) is 5.69 Å². The van der Waals surface area contributed by atoms with Crippen molar-refractivity contribution in [2.75, 3.05) is 51.8 Å². The lowest BCUT2D eigenvalue weighted by Crippen LogP contribution is -3.15. The molecule has 2 heterocycles. The van der Waals surface area contributed by atoms with Crippen LogP contribution in [0.3, 0.4) is 0 Å². The summed E-state index contributed by atoms with van der Waals surface area (Å²) < 4.78 is 10.8. The molecule has 6 nitrogen and oxygen atoms in total. The van der Waals surface area contributed by atoms with Gasteiger partial charge < -0.3 is 24.3 Å². The number of nitrogens with one attached hydrogen (secondary N) is 2. The number of carbonyl (C=O) groups excluding carboxylic acids is 1. The van der Waals surface area contributed by atoms with Crippen LogP contribution in [0.1, 0.15) is 16.1 Å². The van der Waals surface area contributed by atoms with Gasteiger partial charge in [-0.05, 0) is 37.3 Å². The number of benzene rings is 2. The van der Waals surface area contributed by atoms with Crippen LogP contribution >= 0.6 is 0 Å². The maximum Gasteiger partial charge on any atom is 0.219 e. The molecule has 1 fully saturated rings. The number of methoxy groups -OCH3 is 2. The van der Waals surface area contributed by atoms with E-state index >= 15 is 0 Å². The summed E-state index contributed by atoms with van der Waals surface area (Å²) in [5.74, 6) is 1.85. The van der Waals surface area contributed by atoms with E-state index in [2.05, 4.69) is 16.0 Å². The molecule has 0 atom stereocenters. The van der Waals surface area contributed by atoms with Gasteiger partial charge in [-0.3, -0.25) is 4.79 Å². The second-order valence-corrected chi connectivity index (χ2v) is 7.55. The molecule has 6 heteroatoms. The number of nitrogens with zero attached hydrogens (tertiary/aromatic N) is 1. The predicted molar refractivity (Wildman–Crippen MR) is 115 cm³/mol. The summed E-state index contributed by atoms with van der Waals surface area (Å²) in [7, 11) is 3.35. The molecule has 0 radical (unpaired) electrons. The number of anilines is 1. The first-order valence-corrected chi connectivity index (χ1v) is 10.0. The second kappa shape index (κ2) is 8.17. The number of rotatable bonds is 6. The molecule has 2 N–H and O–H groups in total. The van der Waals surface area contributed by atoms with Crippen LogP contribution in [0.2, 0.25) is 0 Å². The number of aryl methyl sites for hydroxylation is 1. The van der Waals surface area contributed by atoms with Gasteiger partial charge in [0.25, 0.3) is 0 Å². The molecule has 0 spiro atoms. The van der Waals surface area contributed by atoms with Gasteiger partial charge in [0.1, 0.15) is 18.0 Å². The summed E-state index contributed by atoms with van der Waals surface area (Å²) in [6.07, 6.45) is 0. The summed E-state index contributed by atoms with van der Waals surface area (Å²) in [4.78, 5) is 20.1. The van der Waals surface area contributed by atoms with Crippen molar-refractivity contribution in [1.29, 1.82) is 0 Å². The van der Waals surface area contributed by atoms with Crippen molar-refractivity contribution >= 4 is 22.4 Å². The molecule has 1 aliphatic rings. The largest absolute Gasteiger partial charge is 0.497 e. The van der Waals surface area contributed by atoms with E-state index in [0.717, 1.165) is 65.5 Å². The zero-order valence-electron chi connectivity index (χ0n) is 17.2. The van der Waals surface area contributed by atoms with E-state index in [1.165, 1.54) is 4.90 Å². The number of quaternary nitrogens is 1. The standard InChI is InChI=1S/C23H27N3O3/c1-16-23(18-14-17(28-2)8-9-19(18)24-16)21(27)15-25-10-12-26(13-11-25)20-6-4-5-7-22(20)29-3/h4-9,14,24H,10-13,15H2,1-3H3/p+1. The first-order chi connectivity index (χ1) is 14.1. The third-order valence-electron chi connectivity index (χ3n) is 5.78. The van der Waals surface area contributed by atoms with Crippen LogP contribution < -0.4 is 19.3 Å². The Balaban J connectivity index is 1.45. The van der Waals surface area contributed by atoms with Crippen LogP contribution in [-0.2, 0) is 0 Å². The minimum Gasteiger partial charge on any atom is -0.497 e. The number of piperazine rings is 1. The zero-order valence-corrected chi connectivity index (χ0v) is 17.2. The fourth-order valence-corrected chi connectivity index (χ4v) is 4.24. The van der Waals surface area contributed by atoms with Crippen molar-refractivity contribution in [2.24, 2.45) is 0 Å². The van der Waals surface area contributed by atoms with Gasteiger partial charge in [0, 0.05) is 16.6 Å². The molecule has 2 aromatic carbocycles. The Labute approximate surface area is 171 Å². The lowest BCUT2D eigenvalue weighted by molar-refractivity contribution is -0.892. The van der Waals surface area contributed by atoms with E-state index in [0.29, 0.717) is 6.54 Å². The Bertz CT molecular complexity index is 1020. The molecule has 0 saturated carbocycles. The predicted octanol–water partition coefficient (Wildman–Crippen LogP) is 2.08. The minimum absolute atomic E-state index is 0.183. The molecule has 1 aromatic heterocycles. The van der Waals surface area contributed by atoms with E-state index in [1.54, 1.807) is 14.2 Å². The fraction of sp³-hybridized carbons (Fsp3) is 0.348. The first-order valence-electron chi connectivity index (χ1n) is 10.0. The molecular formula is C23H28N3O3+. The van der Waals surface area contributed by atoms with Crippen LogP contribution in [0.25, 0.3) is 10.9 Å². The van der Waals surface area contributed by atoms with E-state index in [1.807, 2.05) is 43.3 Å². The SMILES string of the molecule is COc1ccc2[nH]c(C)c(C(=O)C[NH+]3CCN(c4ccccc4OC)CC3)c2c1. The summed E-state index contributed by atoms with van der Waals surface area (Å²) in [6.45, 7) is 6.13. The molecule has 0 unspecified atom stereocenters. The Kier molecular flexibility index (Phi) is 5.45. The number of hydrogen-bond acceptors (Lipinski definition) is 4. The number of aromatic amines is 1. The third kappa shape index (κ3) is 3.80. The number of H-pyrrole nitrogens is 1. The summed E-state index contributed by atoms with van der Waals surface area (Å²) in [5.41, 5.74) is 3.81. The van der Waals surface area contributed by atoms with Crippen LogP contribution in [0, 0.1) is 6.92 Å². The zero-order chi connectivity index (χ0) is 20.4. The Morgan fingerprint density at radius 1 is 1.10 bits per heavy atom. The molecule has 0 amide bonds. The fourth-order valence-electron chi connectivity index (χ4n) is 4.24. The summed E-state index contributed by atoms with van der Waals surface area (Å²) >= 11 is 0.